The molecule has 0 amide bonds. The van der Waals surface area contributed by atoms with Crippen molar-refractivity contribution in [3.8, 4) is 0 Å². The lowest BCUT2D eigenvalue weighted by Gasteiger charge is -2.40. The van der Waals surface area contributed by atoms with Gasteiger partial charge >= 0.3 is 5.97 Å². The summed E-state index contributed by atoms with van der Waals surface area (Å²) in [6, 6.07) is 0.393. The quantitative estimate of drug-likeness (QED) is 0.679. The van der Waals surface area contributed by atoms with Crippen LogP contribution in [0.5, 0.6) is 0 Å². The molecule has 0 aromatic rings. The first kappa shape index (κ1) is 9.97. The van der Waals surface area contributed by atoms with Gasteiger partial charge in [-0.3, -0.25) is 4.79 Å². The minimum absolute atomic E-state index is 0.0194. The summed E-state index contributed by atoms with van der Waals surface area (Å²) in [7, 11) is 1.49. The zero-order valence-corrected chi connectivity index (χ0v) is 8.79. The van der Waals surface area contributed by atoms with E-state index < -0.39 is 0 Å². The van der Waals surface area contributed by atoms with Crippen molar-refractivity contribution in [2.45, 2.75) is 38.1 Å². The van der Waals surface area contributed by atoms with Gasteiger partial charge in [0.15, 0.2) is 0 Å². The second-order valence-corrected chi connectivity index (χ2v) is 4.44. The van der Waals surface area contributed by atoms with Crippen LogP contribution in [-0.4, -0.2) is 25.7 Å². The third-order valence-corrected chi connectivity index (χ3v) is 3.67. The van der Waals surface area contributed by atoms with Crippen LogP contribution < -0.4 is 5.32 Å². The molecule has 1 saturated heterocycles. The molecule has 1 aliphatic heterocycles. The number of esters is 1. The Morgan fingerprint density at radius 3 is 2.64 bits per heavy atom. The number of rotatable bonds is 2. The fourth-order valence-electron chi connectivity index (χ4n) is 2.62. The smallest absolute Gasteiger partial charge is 0.310 e. The Morgan fingerprint density at radius 2 is 2.07 bits per heavy atom. The summed E-state index contributed by atoms with van der Waals surface area (Å²) in [5.74, 6) is 0.813. The molecule has 0 aromatic carbocycles. The average Bonchev–Trinajstić information content (AvgIpc) is 2.15. The van der Waals surface area contributed by atoms with E-state index in [-0.39, 0.29) is 11.9 Å². The van der Waals surface area contributed by atoms with Gasteiger partial charge in [-0.1, -0.05) is 6.42 Å². The normalized spacial score (nSPS) is 33.5. The predicted molar refractivity (Wildman–Crippen MR) is 53.9 cm³/mol. The molecule has 1 aliphatic carbocycles. The maximum Gasteiger partial charge on any atom is 0.310 e. The van der Waals surface area contributed by atoms with Crippen LogP contribution >= 0.6 is 0 Å². The van der Waals surface area contributed by atoms with E-state index in [4.69, 9.17) is 4.74 Å². The largest absolute Gasteiger partial charge is 0.469 e. The summed E-state index contributed by atoms with van der Waals surface area (Å²) >= 11 is 0. The first-order valence-electron chi connectivity index (χ1n) is 5.64. The van der Waals surface area contributed by atoms with Crippen LogP contribution in [0.4, 0.5) is 0 Å². The van der Waals surface area contributed by atoms with Gasteiger partial charge in [0.05, 0.1) is 13.0 Å². The average molecular weight is 197 g/mol. The van der Waals surface area contributed by atoms with Gasteiger partial charge in [-0.25, -0.2) is 0 Å². The Bertz CT molecular complexity index is 213. The second kappa shape index (κ2) is 4.30. The number of methoxy groups -OCH3 is 1. The van der Waals surface area contributed by atoms with Gasteiger partial charge in [0, 0.05) is 6.04 Å². The fraction of sp³-hybridized carbons (Fsp3) is 0.909. The molecule has 0 radical (unpaired) electrons. The number of nitrogens with one attached hydrogen (secondary N) is 1. The minimum atomic E-state index is -0.0194. The van der Waals surface area contributed by atoms with Gasteiger partial charge in [0.2, 0.25) is 0 Å². The predicted octanol–water partition coefficient (Wildman–Crippen LogP) is 1.33. The van der Waals surface area contributed by atoms with Crippen molar-refractivity contribution < 1.29 is 9.53 Å². The lowest BCUT2D eigenvalue weighted by Crippen LogP contribution is -2.51. The summed E-state index contributed by atoms with van der Waals surface area (Å²) < 4.78 is 4.86. The van der Waals surface area contributed by atoms with Gasteiger partial charge in [-0.2, -0.15) is 0 Å². The second-order valence-electron chi connectivity index (χ2n) is 4.44. The van der Waals surface area contributed by atoms with Crippen molar-refractivity contribution in [3.63, 3.8) is 0 Å². The van der Waals surface area contributed by atoms with Gasteiger partial charge in [-0.15, -0.1) is 0 Å². The van der Waals surface area contributed by atoms with Crippen molar-refractivity contribution in [2.75, 3.05) is 13.7 Å². The van der Waals surface area contributed by atoms with E-state index in [9.17, 15) is 4.79 Å². The van der Waals surface area contributed by atoms with E-state index in [0.29, 0.717) is 6.04 Å². The number of hydrogen-bond donors (Lipinski definition) is 1. The summed E-state index contributed by atoms with van der Waals surface area (Å²) in [4.78, 5) is 11.6. The monoisotopic (exact) mass is 197 g/mol. The summed E-state index contributed by atoms with van der Waals surface area (Å²) in [5, 5.41) is 3.49. The highest BCUT2D eigenvalue weighted by molar-refractivity contribution is 5.73. The van der Waals surface area contributed by atoms with E-state index in [1.807, 2.05) is 0 Å². The Labute approximate surface area is 85.2 Å². The molecule has 2 aliphatic rings. The molecule has 2 unspecified atom stereocenters. The highest BCUT2D eigenvalue weighted by Crippen LogP contribution is 2.35. The van der Waals surface area contributed by atoms with Crippen molar-refractivity contribution in [1.82, 2.24) is 5.32 Å². The van der Waals surface area contributed by atoms with Gasteiger partial charge < -0.3 is 10.1 Å². The molecule has 1 saturated carbocycles. The Morgan fingerprint density at radius 1 is 1.29 bits per heavy atom. The number of hydrogen-bond acceptors (Lipinski definition) is 3. The van der Waals surface area contributed by atoms with Gasteiger partial charge in [0.25, 0.3) is 0 Å². The number of piperidine rings is 1. The number of carbonyl (C=O) groups is 1. The van der Waals surface area contributed by atoms with E-state index in [2.05, 4.69) is 5.32 Å². The maximum atomic E-state index is 11.6. The molecule has 2 fully saturated rings. The topological polar surface area (TPSA) is 38.3 Å². The SMILES string of the molecule is COC(=O)C1CCCNC1C1CCC1. The van der Waals surface area contributed by atoms with E-state index >= 15 is 0 Å². The third kappa shape index (κ3) is 1.78. The molecule has 3 heteroatoms. The van der Waals surface area contributed by atoms with E-state index in [1.54, 1.807) is 0 Å². The highest BCUT2D eigenvalue weighted by atomic mass is 16.5. The Kier molecular flexibility index (Phi) is 3.06. The maximum absolute atomic E-state index is 11.6. The molecule has 2 atom stereocenters. The molecule has 2 rings (SSSR count). The van der Waals surface area contributed by atoms with Crippen LogP contribution in [0.25, 0.3) is 0 Å². The van der Waals surface area contributed by atoms with Crippen molar-refractivity contribution in [1.29, 1.82) is 0 Å². The Hall–Kier alpha value is -0.570. The van der Waals surface area contributed by atoms with Gasteiger partial charge in [-0.05, 0) is 38.1 Å². The summed E-state index contributed by atoms with van der Waals surface area (Å²) in [5.41, 5.74) is 0. The fourth-order valence-corrected chi connectivity index (χ4v) is 2.62. The zero-order valence-electron chi connectivity index (χ0n) is 8.79. The van der Waals surface area contributed by atoms with Gasteiger partial charge in [0.1, 0.15) is 0 Å². The standard InChI is InChI=1S/C11H19NO2/c1-14-11(13)9-6-3-7-12-10(9)8-4-2-5-8/h8-10,12H,2-7H2,1H3. The highest BCUT2D eigenvalue weighted by Gasteiger charge is 2.38. The molecule has 0 bridgehead atoms. The minimum Gasteiger partial charge on any atom is -0.469 e. The molecule has 80 valence electrons. The Balaban J connectivity index is 1.98. The molecule has 1 heterocycles. The van der Waals surface area contributed by atoms with Crippen molar-refractivity contribution in [3.05, 3.63) is 0 Å². The molecule has 0 spiro atoms. The van der Waals surface area contributed by atoms with Crippen LogP contribution in [0.3, 0.4) is 0 Å². The van der Waals surface area contributed by atoms with Crippen LogP contribution in [0, 0.1) is 11.8 Å². The molecule has 14 heavy (non-hydrogen) atoms. The van der Waals surface area contributed by atoms with Crippen LogP contribution in [-0.2, 0) is 9.53 Å². The van der Waals surface area contributed by atoms with Crippen molar-refractivity contribution >= 4 is 5.97 Å². The summed E-state index contributed by atoms with van der Waals surface area (Å²) in [6.45, 7) is 1.06. The number of carbonyl (C=O) groups excluding carboxylic acids is 1. The lowest BCUT2D eigenvalue weighted by atomic mass is 9.72. The molecule has 3 nitrogen and oxygen atoms in total. The first-order valence-corrected chi connectivity index (χ1v) is 5.64. The lowest BCUT2D eigenvalue weighted by molar-refractivity contribution is -0.148. The zero-order chi connectivity index (χ0) is 9.97. The molecule has 1 N–H and O–H groups in total. The molecular formula is C11H19NO2. The first-order chi connectivity index (χ1) is 6.83. The van der Waals surface area contributed by atoms with Crippen LogP contribution in [0.15, 0.2) is 0 Å². The molecule has 0 aromatic heterocycles. The summed E-state index contributed by atoms with van der Waals surface area (Å²) in [6.07, 6.45) is 6.00. The molecular weight excluding hydrogens is 178 g/mol. The van der Waals surface area contributed by atoms with Crippen molar-refractivity contribution in [2.24, 2.45) is 11.8 Å². The van der Waals surface area contributed by atoms with E-state index in [0.717, 1.165) is 25.3 Å². The third-order valence-electron chi connectivity index (χ3n) is 3.67. The van der Waals surface area contributed by atoms with Crippen LogP contribution in [0.2, 0.25) is 0 Å². The van der Waals surface area contributed by atoms with E-state index in [1.165, 1.54) is 26.4 Å². The number of ether oxygens (including phenoxy) is 1. The van der Waals surface area contributed by atoms with Crippen LogP contribution in [0.1, 0.15) is 32.1 Å².